The van der Waals surface area contributed by atoms with Crippen molar-refractivity contribution < 1.29 is 4.79 Å². The van der Waals surface area contributed by atoms with Gasteiger partial charge in [0, 0.05) is 17.9 Å². The van der Waals surface area contributed by atoms with E-state index in [2.05, 4.69) is 0 Å². The zero-order valence-corrected chi connectivity index (χ0v) is 10.7. The molecule has 3 heteroatoms. The molecule has 0 bridgehead atoms. The highest BCUT2D eigenvalue weighted by molar-refractivity contribution is 6.01. The molecule has 1 aliphatic heterocycles. The molecule has 2 N–H and O–H groups in total. The molecule has 1 saturated carbocycles. The second-order valence-corrected chi connectivity index (χ2v) is 5.57. The minimum Gasteiger partial charge on any atom is -0.399 e. The molecular formula is C15H20N2O. The standard InChI is InChI=1S/C15H20N2O/c16-13-6-7-14-12(8-13)9-15(18)17(14)10-11-4-2-1-3-5-11/h6-8,11H,1-5,9-10,16H2. The number of nitrogens with two attached hydrogens (primary N) is 1. The third kappa shape index (κ3) is 2.09. The lowest BCUT2D eigenvalue weighted by Gasteiger charge is -2.27. The van der Waals surface area contributed by atoms with Crippen LogP contribution in [0.2, 0.25) is 0 Å². The number of nitrogens with zero attached hydrogens (tertiary/aromatic N) is 1. The summed E-state index contributed by atoms with van der Waals surface area (Å²) in [5, 5.41) is 0. The molecule has 18 heavy (non-hydrogen) atoms. The fraction of sp³-hybridized carbons (Fsp3) is 0.533. The van der Waals surface area contributed by atoms with E-state index < -0.39 is 0 Å². The van der Waals surface area contributed by atoms with Gasteiger partial charge in [-0.25, -0.2) is 0 Å². The zero-order chi connectivity index (χ0) is 12.5. The van der Waals surface area contributed by atoms with Gasteiger partial charge in [0.15, 0.2) is 0 Å². The predicted molar refractivity (Wildman–Crippen MR) is 73.5 cm³/mol. The summed E-state index contributed by atoms with van der Waals surface area (Å²) >= 11 is 0. The molecule has 2 aliphatic rings. The van der Waals surface area contributed by atoms with E-state index in [1.807, 2.05) is 23.1 Å². The van der Waals surface area contributed by atoms with Crippen molar-refractivity contribution in [3.05, 3.63) is 23.8 Å². The molecule has 3 nitrogen and oxygen atoms in total. The Balaban J connectivity index is 1.78. The van der Waals surface area contributed by atoms with Crippen LogP contribution in [-0.4, -0.2) is 12.5 Å². The van der Waals surface area contributed by atoms with E-state index in [0.29, 0.717) is 12.3 Å². The van der Waals surface area contributed by atoms with Crippen molar-refractivity contribution in [2.45, 2.75) is 38.5 Å². The normalized spacial score (nSPS) is 20.2. The van der Waals surface area contributed by atoms with E-state index in [1.54, 1.807) is 0 Å². The van der Waals surface area contributed by atoms with Crippen molar-refractivity contribution in [3.8, 4) is 0 Å². The van der Waals surface area contributed by atoms with Gasteiger partial charge >= 0.3 is 0 Å². The molecule has 96 valence electrons. The molecule has 1 aliphatic carbocycles. The molecule has 0 atom stereocenters. The van der Waals surface area contributed by atoms with E-state index >= 15 is 0 Å². The largest absolute Gasteiger partial charge is 0.399 e. The minimum absolute atomic E-state index is 0.237. The maximum absolute atomic E-state index is 12.1. The first-order valence-electron chi connectivity index (χ1n) is 6.93. The molecule has 0 saturated heterocycles. The highest BCUT2D eigenvalue weighted by Crippen LogP contribution is 2.33. The van der Waals surface area contributed by atoms with Gasteiger partial charge in [0.05, 0.1) is 6.42 Å². The van der Waals surface area contributed by atoms with Crippen molar-refractivity contribution in [3.63, 3.8) is 0 Å². The van der Waals surface area contributed by atoms with Gasteiger partial charge in [-0.3, -0.25) is 4.79 Å². The number of carbonyl (C=O) groups excluding carboxylic acids is 1. The zero-order valence-electron chi connectivity index (χ0n) is 10.7. The van der Waals surface area contributed by atoms with Crippen LogP contribution in [0, 0.1) is 5.92 Å². The molecule has 0 aromatic heterocycles. The average molecular weight is 244 g/mol. The van der Waals surface area contributed by atoms with Gasteiger partial charge in [-0.2, -0.15) is 0 Å². The van der Waals surface area contributed by atoms with E-state index in [0.717, 1.165) is 23.5 Å². The summed E-state index contributed by atoms with van der Waals surface area (Å²) in [4.78, 5) is 14.1. The van der Waals surface area contributed by atoms with Crippen LogP contribution in [-0.2, 0) is 11.2 Å². The minimum atomic E-state index is 0.237. The van der Waals surface area contributed by atoms with Crippen LogP contribution in [0.5, 0.6) is 0 Å². The Morgan fingerprint density at radius 3 is 2.78 bits per heavy atom. The molecule has 3 rings (SSSR count). The number of anilines is 2. The molecule has 0 spiro atoms. The van der Waals surface area contributed by atoms with Crippen molar-refractivity contribution in [1.29, 1.82) is 0 Å². The number of hydrogen-bond donors (Lipinski definition) is 1. The fourth-order valence-corrected chi connectivity index (χ4v) is 3.23. The molecule has 1 heterocycles. The van der Waals surface area contributed by atoms with Crippen molar-refractivity contribution in [1.82, 2.24) is 0 Å². The van der Waals surface area contributed by atoms with E-state index in [-0.39, 0.29) is 5.91 Å². The lowest BCUT2D eigenvalue weighted by atomic mass is 9.89. The molecule has 1 aromatic carbocycles. The third-order valence-corrected chi connectivity index (χ3v) is 4.20. The van der Waals surface area contributed by atoms with Crippen LogP contribution >= 0.6 is 0 Å². The molecule has 0 unspecified atom stereocenters. The number of hydrogen-bond acceptors (Lipinski definition) is 2. The Hall–Kier alpha value is -1.51. The number of rotatable bonds is 2. The van der Waals surface area contributed by atoms with E-state index in [9.17, 15) is 4.79 Å². The van der Waals surface area contributed by atoms with E-state index in [1.165, 1.54) is 32.1 Å². The Bertz CT molecular complexity index is 464. The van der Waals surface area contributed by atoms with Gasteiger partial charge in [-0.05, 0) is 42.5 Å². The predicted octanol–water partition coefficient (Wildman–Crippen LogP) is 2.74. The first kappa shape index (κ1) is 11.6. The van der Waals surface area contributed by atoms with Crippen LogP contribution in [0.1, 0.15) is 37.7 Å². The second-order valence-electron chi connectivity index (χ2n) is 5.57. The molecule has 1 aromatic rings. The van der Waals surface area contributed by atoms with E-state index in [4.69, 9.17) is 5.73 Å². The fourth-order valence-electron chi connectivity index (χ4n) is 3.23. The molecule has 1 amide bonds. The van der Waals surface area contributed by atoms with Gasteiger partial charge in [0.2, 0.25) is 5.91 Å². The SMILES string of the molecule is Nc1ccc2c(c1)CC(=O)N2CC1CCCCC1. The second kappa shape index (κ2) is 4.63. The first-order chi connectivity index (χ1) is 8.74. The summed E-state index contributed by atoms with van der Waals surface area (Å²) in [7, 11) is 0. The number of carbonyl (C=O) groups is 1. The van der Waals surface area contributed by atoms with Crippen molar-refractivity contribution >= 4 is 17.3 Å². The summed E-state index contributed by atoms with van der Waals surface area (Å²) in [5.41, 5.74) is 8.70. The monoisotopic (exact) mass is 244 g/mol. The molecule has 0 radical (unpaired) electrons. The summed E-state index contributed by atoms with van der Waals surface area (Å²) in [5.74, 6) is 0.923. The Morgan fingerprint density at radius 1 is 1.22 bits per heavy atom. The van der Waals surface area contributed by atoms with Crippen LogP contribution in [0.4, 0.5) is 11.4 Å². The topological polar surface area (TPSA) is 46.3 Å². The number of nitrogen functional groups attached to an aromatic ring is 1. The van der Waals surface area contributed by atoms with Crippen LogP contribution < -0.4 is 10.6 Å². The average Bonchev–Trinajstić information content (AvgIpc) is 2.66. The third-order valence-electron chi connectivity index (χ3n) is 4.20. The number of benzene rings is 1. The summed E-state index contributed by atoms with van der Waals surface area (Å²) in [6, 6.07) is 5.83. The molecular weight excluding hydrogens is 224 g/mol. The van der Waals surface area contributed by atoms with Gasteiger partial charge in [-0.1, -0.05) is 19.3 Å². The Morgan fingerprint density at radius 2 is 2.00 bits per heavy atom. The van der Waals surface area contributed by atoms with Crippen molar-refractivity contribution in [2.75, 3.05) is 17.2 Å². The quantitative estimate of drug-likeness (QED) is 0.813. The lowest BCUT2D eigenvalue weighted by Crippen LogP contribution is -2.33. The Kier molecular flexibility index (Phi) is 2.98. The lowest BCUT2D eigenvalue weighted by molar-refractivity contribution is -0.117. The number of fused-ring (bicyclic) bond motifs is 1. The van der Waals surface area contributed by atoms with Gasteiger partial charge in [0.1, 0.15) is 0 Å². The first-order valence-corrected chi connectivity index (χ1v) is 6.93. The molecule has 1 fully saturated rings. The van der Waals surface area contributed by atoms with Gasteiger partial charge in [-0.15, -0.1) is 0 Å². The summed E-state index contributed by atoms with van der Waals surface area (Å²) in [6.45, 7) is 0.899. The van der Waals surface area contributed by atoms with Crippen LogP contribution in [0.15, 0.2) is 18.2 Å². The number of amides is 1. The van der Waals surface area contributed by atoms with Crippen LogP contribution in [0.25, 0.3) is 0 Å². The summed E-state index contributed by atoms with van der Waals surface area (Å²) in [6.07, 6.45) is 7.06. The van der Waals surface area contributed by atoms with Crippen molar-refractivity contribution in [2.24, 2.45) is 5.92 Å². The Labute approximate surface area is 108 Å². The highest BCUT2D eigenvalue weighted by Gasteiger charge is 2.29. The maximum Gasteiger partial charge on any atom is 0.231 e. The summed E-state index contributed by atoms with van der Waals surface area (Å²) < 4.78 is 0. The van der Waals surface area contributed by atoms with Gasteiger partial charge < -0.3 is 10.6 Å². The maximum atomic E-state index is 12.1. The van der Waals surface area contributed by atoms with Crippen LogP contribution in [0.3, 0.4) is 0 Å². The highest BCUT2D eigenvalue weighted by atomic mass is 16.2. The smallest absolute Gasteiger partial charge is 0.231 e. The van der Waals surface area contributed by atoms with Gasteiger partial charge in [0.25, 0.3) is 0 Å².